The highest BCUT2D eigenvalue weighted by Crippen LogP contribution is 2.30. The van der Waals surface area contributed by atoms with E-state index < -0.39 is 11.8 Å². The van der Waals surface area contributed by atoms with Gasteiger partial charge in [0.2, 0.25) is 5.91 Å². The van der Waals surface area contributed by atoms with E-state index in [1.54, 1.807) is 42.5 Å². The summed E-state index contributed by atoms with van der Waals surface area (Å²) in [6.45, 7) is 0.0932. The van der Waals surface area contributed by atoms with Crippen LogP contribution in [0.1, 0.15) is 44.0 Å². The number of hydrogen-bond acceptors (Lipinski definition) is 5. The molecule has 5 rings (SSSR count). The van der Waals surface area contributed by atoms with E-state index in [1.807, 2.05) is 30.3 Å². The summed E-state index contributed by atoms with van der Waals surface area (Å²) in [6, 6.07) is 21.5. The molecule has 4 amide bonds. The summed E-state index contributed by atoms with van der Waals surface area (Å²) >= 11 is 0. The standard InChI is InChI=1S/C26H20N4O4/c31-22(28-29-24(32)21-14-13-16-6-1-2-11-20(16)27-21)12-5-15-30-25(33)18-9-3-7-17-8-4-10-19(23(17)18)26(30)34/h1-4,6-11,13-14H,5,12,15H2,(H,28,31)(H,29,32). The fraction of sp³-hybridized carbons (Fsp3) is 0.115. The smallest absolute Gasteiger partial charge is 0.274 e. The summed E-state index contributed by atoms with van der Waals surface area (Å²) < 4.78 is 0. The Labute approximate surface area is 194 Å². The molecule has 8 nitrogen and oxygen atoms in total. The minimum atomic E-state index is -0.537. The Kier molecular flexibility index (Phi) is 5.47. The lowest BCUT2D eigenvalue weighted by molar-refractivity contribution is -0.122. The maximum Gasteiger partial charge on any atom is 0.288 e. The fourth-order valence-corrected chi connectivity index (χ4v) is 4.13. The molecule has 3 aromatic carbocycles. The molecule has 0 spiro atoms. The zero-order valence-corrected chi connectivity index (χ0v) is 18.1. The van der Waals surface area contributed by atoms with Crippen molar-refractivity contribution in [3.05, 3.63) is 89.6 Å². The lowest BCUT2D eigenvalue weighted by atomic mass is 9.94. The van der Waals surface area contributed by atoms with Gasteiger partial charge in [-0.25, -0.2) is 4.98 Å². The van der Waals surface area contributed by atoms with Gasteiger partial charge in [-0.05, 0) is 36.1 Å². The highest BCUT2D eigenvalue weighted by atomic mass is 16.2. The molecule has 8 heteroatoms. The molecule has 0 atom stereocenters. The summed E-state index contributed by atoms with van der Waals surface area (Å²) in [5.74, 6) is -1.71. The summed E-state index contributed by atoms with van der Waals surface area (Å²) in [4.78, 5) is 55.8. The topological polar surface area (TPSA) is 108 Å². The van der Waals surface area contributed by atoms with Crippen LogP contribution in [0.25, 0.3) is 21.7 Å². The van der Waals surface area contributed by atoms with Crippen molar-refractivity contribution >= 4 is 45.3 Å². The Morgan fingerprint density at radius 1 is 0.765 bits per heavy atom. The third-order valence-corrected chi connectivity index (χ3v) is 5.79. The lowest BCUT2D eigenvalue weighted by Gasteiger charge is -2.27. The minimum absolute atomic E-state index is 0.0222. The number of amides is 4. The quantitative estimate of drug-likeness (QED) is 0.357. The molecule has 1 aliphatic rings. The molecule has 34 heavy (non-hydrogen) atoms. The Morgan fingerprint density at radius 3 is 2.18 bits per heavy atom. The number of nitrogens with one attached hydrogen (secondary N) is 2. The van der Waals surface area contributed by atoms with Gasteiger partial charge >= 0.3 is 0 Å². The van der Waals surface area contributed by atoms with E-state index in [9.17, 15) is 19.2 Å². The first-order chi connectivity index (χ1) is 16.5. The number of para-hydroxylation sites is 1. The predicted molar refractivity (Wildman–Crippen MR) is 126 cm³/mol. The van der Waals surface area contributed by atoms with E-state index in [-0.39, 0.29) is 36.9 Å². The van der Waals surface area contributed by atoms with Crippen LogP contribution in [0.4, 0.5) is 0 Å². The van der Waals surface area contributed by atoms with Gasteiger partial charge in [-0.3, -0.25) is 34.9 Å². The Hall–Kier alpha value is -4.59. The summed E-state index contributed by atoms with van der Waals surface area (Å²) in [5, 5.41) is 2.41. The number of hydrogen-bond donors (Lipinski definition) is 2. The first-order valence-corrected chi connectivity index (χ1v) is 10.9. The summed E-state index contributed by atoms with van der Waals surface area (Å²) in [5.41, 5.74) is 6.51. The van der Waals surface area contributed by atoms with Crippen LogP contribution in [0.5, 0.6) is 0 Å². The SMILES string of the molecule is O=C(CCCN1C(=O)c2cccc3cccc(c23)C1=O)NNC(=O)c1ccc2ccccc2n1. The van der Waals surface area contributed by atoms with Gasteiger partial charge in [0.15, 0.2) is 0 Å². The molecule has 0 bridgehead atoms. The van der Waals surface area contributed by atoms with Crippen LogP contribution >= 0.6 is 0 Å². The molecular formula is C26H20N4O4. The molecule has 1 aromatic heterocycles. The molecular weight excluding hydrogens is 432 g/mol. The maximum atomic E-state index is 12.9. The fourth-order valence-electron chi connectivity index (χ4n) is 4.13. The highest BCUT2D eigenvalue weighted by molar-refractivity contribution is 6.25. The van der Waals surface area contributed by atoms with Crippen LogP contribution < -0.4 is 10.9 Å². The van der Waals surface area contributed by atoms with Gasteiger partial charge in [-0.2, -0.15) is 0 Å². The van der Waals surface area contributed by atoms with Crippen molar-refractivity contribution in [1.82, 2.24) is 20.7 Å². The number of rotatable bonds is 5. The average Bonchev–Trinajstić information content (AvgIpc) is 2.87. The maximum absolute atomic E-state index is 12.9. The zero-order chi connectivity index (χ0) is 23.7. The van der Waals surface area contributed by atoms with Crippen LogP contribution in [0, 0.1) is 0 Å². The minimum Gasteiger partial charge on any atom is -0.274 e. The van der Waals surface area contributed by atoms with E-state index in [2.05, 4.69) is 15.8 Å². The highest BCUT2D eigenvalue weighted by Gasteiger charge is 2.32. The summed E-state index contributed by atoms with van der Waals surface area (Å²) in [6.07, 6.45) is 0.278. The number of benzene rings is 3. The number of fused-ring (bicyclic) bond motifs is 1. The van der Waals surface area contributed by atoms with Crippen molar-refractivity contribution < 1.29 is 19.2 Å². The molecule has 0 saturated heterocycles. The van der Waals surface area contributed by atoms with E-state index in [0.717, 1.165) is 10.8 Å². The second-order valence-electron chi connectivity index (χ2n) is 7.97. The van der Waals surface area contributed by atoms with Crippen LogP contribution in [-0.2, 0) is 4.79 Å². The second-order valence-corrected chi connectivity index (χ2v) is 7.97. The monoisotopic (exact) mass is 452 g/mol. The number of hydrazine groups is 1. The van der Waals surface area contributed by atoms with Crippen molar-refractivity contribution in [3.63, 3.8) is 0 Å². The van der Waals surface area contributed by atoms with Gasteiger partial charge in [0, 0.05) is 34.9 Å². The third kappa shape index (κ3) is 3.86. The molecule has 1 aliphatic heterocycles. The van der Waals surface area contributed by atoms with Crippen LogP contribution in [0.3, 0.4) is 0 Å². The number of nitrogens with zero attached hydrogens (tertiary/aromatic N) is 2. The number of aromatic nitrogens is 1. The van der Waals surface area contributed by atoms with Crippen molar-refractivity contribution in [3.8, 4) is 0 Å². The van der Waals surface area contributed by atoms with Crippen LogP contribution in [0.15, 0.2) is 72.8 Å². The van der Waals surface area contributed by atoms with Gasteiger partial charge in [-0.1, -0.05) is 48.5 Å². The van der Waals surface area contributed by atoms with Crippen molar-refractivity contribution in [2.45, 2.75) is 12.8 Å². The average molecular weight is 452 g/mol. The van der Waals surface area contributed by atoms with E-state index in [0.29, 0.717) is 22.0 Å². The van der Waals surface area contributed by atoms with Crippen molar-refractivity contribution in [2.24, 2.45) is 0 Å². The molecule has 0 aliphatic carbocycles. The third-order valence-electron chi connectivity index (χ3n) is 5.79. The zero-order valence-electron chi connectivity index (χ0n) is 18.1. The number of imide groups is 1. The van der Waals surface area contributed by atoms with Gasteiger partial charge in [0.05, 0.1) is 5.52 Å². The van der Waals surface area contributed by atoms with Crippen LogP contribution in [-0.4, -0.2) is 40.1 Å². The van der Waals surface area contributed by atoms with Gasteiger partial charge in [0.1, 0.15) is 5.69 Å². The van der Waals surface area contributed by atoms with Crippen molar-refractivity contribution in [1.29, 1.82) is 0 Å². The van der Waals surface area contributed by atoms with Gasteiger partial charge in [-0.15, -0.1) is 0 Å². The summed E-state index contributed by atoms with van der Waals surface area (Å²) in [7, 11) is 0. The predicted octanol–water partition coefficient (Wildman–Crippen LogP) is 3.23. The van der Waals surface area contributed by atoms with Gasteiger partial charge < -0.3 is 0 Å². The Morgan fingerprint density at radius 2 is 1.44 bits per heavy atom. The van der Waals surface area contributed by atoms with Gasteiger partial charge in [0.25, 0.3) is 17.7 Å². The first-order valence-electron chi connectivity index (χ1n) is 10.9. The van der Waals surface area contributed by atoms with Crippen molar-refractivity contribution in [2.75, 3.05) is 6.54 Å². The number of pyridine rings is 1. The van der Waals surface area contributed by atoms with E-state index >= 15 is 0 Å². The normalized spacial score (nSPS) is 12.8. The number of carbonyl (C=O) groups excluding carboxylic acids is 4. The second kappa shape index (κ2) is 8.74. The lowest BCUT2D eigenvalue weighted by Crippen LogP contribution is -2.43. The molecule has 0 radical (unpaired) electrons. The number of carbonyl (C=O) groups is 4. The molecule has 0 fully saturated rings. The van der Waals surface area contributed by atoms with Crippen LogP contribution in [0.2, 0.25) is 0 Å². The molecule has 0 saturated carbocycles. The largest absolute Gasteiger partial charge is 0.288 e. The van der Waals surface area contributed by atoms with E-state index in [4.69, 9.17) is 0 Å². The Bertz CT molecular complexity index is 1430. The molecule has 2 N–H and O–H groups in total. The Balaban J connectivity index is 1.17. The molecule has 4 aromatic rings. The van der Waals surface area contributed by atoms with E-state index in [1.165, 1.54) is 4.90 Å². The molecule has 168 valence electrons. The molecule has 2 heterocycles. The first kappa shape index (κ1) is 21.3. The molecule has 0 unspecified atom stereocenters.